The molecule has 3 nitrogen and oxygen atoms in total. The summed E-state index contributed by atoms with van der Waals surface area (Å²) < 4.78 is 6.28. The predicted molar refractivity (Wildman–Crippen MR) is 63.6 cm³/mol. The standard InChI is InChI=1S/C11H18BrNO2/c1-9(8-14)3-2-5-13-7-11-10(12)4-6-15-11/h4,6,9,13-14H,2-3,5,7-8H2,1H3. The van der Waals surface area contributed by atoms with Crippen molar-refractivity contribution >= 4 is 15.9 Å². The molecular formula is C11H18BrNO2. The molecule has 1 aromatic heterocycles. The fraction of sp³-hybridized carbons (Fsp3) is 0.636. The normalized spacial score (nSPS) is 13.0. The van der Waals surface area contributed by atoms with Gasteiger partial charge in [0.1, 0.15) is 5.76 Å². The van der Waals surface area contributed by atoms with E-state index in [9.17, 15) is 0 Å². The summed E-state index contributed by atoms with van der Waals surface area (Å²) in [5.41, 5.74) is 0. The molecule has 1 rings (SSSR count). The van der Waals surface area contributed by atoms with Crippen LogP contribution < -0.4 is 5.32 Å². The average molecular weight is 276 g/mol. The van der Waals surface area contributed by atoms with Gasteiger partial charge >= 0.3 is 0 Å². The molecule has 1 unspecified atom stereocenters. The van der Waals surface area contributed by atoms with Crippen LogP contribution in [-0.2, 0) is 6.54 Å². The van der Waals surface area contributed by atoms with Gasteiger partial charge in [0, 0.05) is 6.61 Å². The van der Waals surface area contributed by atoms with E-state index in [1.165, 1.54) is 0 Å². The van der Waals surface area contributed by atoms with Crippen molar-refractivity contribution in [3.63, 3.8) is 0 Å². The van der Waals surface area contributed by atoms with Gasteiger partial charge in [-0.15, -0.1) is 0 Å². The Hall–Kier alpha value is -0.320. The molecule has 0 fully saturated rings. The van der Waals surface area contributed by atoms with Gasteiger partial charge < -0.3 is 14.8 Å². The van der Waals surface area contributed by atoms with E-state index >= 15 is 0 Å². The largest absolute Gasteiger partial charge is 0.467 e. The molecule has 0 saturated carbocycles. The zero-order valence-corrected chi connectivity index (χ0v) is 10.6. The van der Waals surface area contributed by atoms with Crippen molar-refractivity contribution in [2.45, 2.75) is 26.3 Å². The monoisotopic (exact) mass is 275 g/mol. The number of furan rings is 1. The van der Waals surface area contributed by atoms with Crippen LogP contribution in [0.1, 0.15) is 25.5 Å². The van der Waals surface area contributed by atoms with Crippen LogP contribution >= 0.6 is 15.9 Å². The first-order chi connectivity index (χ1) is 7.24. The van der Waals surface area contributed by atoms with Gasteiger partial charge in [-0.3, -0.25) is 0 Å². The predicted octanol–water partition coefficient (Wildman–Crippen LogP) is 2.54. The second kappa shape index (κ2) is 7.04. The van der Waals surface area contributed by atoms with Crippen molar-refractivity contribution in [3.8, 4) is 0 Å². The van der Waals surface area contributed by atoms with Gasteiger partial charge in [-0.05, 0) is 47.3 Å². The minimum Gasteiger partial charge on any atom is -0.467 e. The highest BCUT2D eigenvalue weighted by Crippen LogP contribution is 2.16. The first-order valence-electron chi connectivity index (χ1n) is 5.27. The summed E-state index contributed by atoms with van der Waals surface area (Å²) >= 11 is 3.40. The smallest absolute Gasteiger partial charge is 0.131 e. The maximum atomic E-state index is 8.84. The van der Waals surface area contributed by atoms with Gasteiger partial charge in [-0.25, -0.2) is 0 Å². The van der Waals surface area contributed by atoms with Gasteiger partial charge in [0.2, 0.25) is 0 Å². The van der Waals surface area contributed by atoms with Crippen LogP contribution in [0.3, 0.4) is 0 Å². The topological polar surface area (TPSA) is 45.4 Å². The summed E-state index contributed by atoms with van der Waals surface area (Å²) in [5, 5.41) is 12.1. The lowest BCUT2D eigenvalue weighted by atomic mass is 10.1. The Kier molecular flexibility index (Phi) is 5.98. The van der Waals surface area contributed by atoms with Crippen LogP contribution in [0, 0.1) is 5.92 Å². The Morgan fingerprint density at radius 2 is 2.40 bits per heavy atom. The second-order valence-corrected chi connectivity index (χ2v) is 4.65. The number of nitrogens with one attached hydrogen (secondary N) is 1. The van der Waals surface area contributed by atoms with Gasteiger partial charge in [-0.2, -0.15) is 0 Å². The molecule has 0 aliphatic rings. The van der Waals surface area contributed by atoms with E-state index < -0.39 is 0 Å². The van der Waals surface area contributed by atoms with E-state index in [4.69, 9.17) is 9.52 Å². The molecule has 1 heterocycles. The molecule has 0 aromatic carbocycles. The molecule has 0 saturated heterocycles. The summed E-state index contributed by atoms with van der Waals surface area (Å²) in [7, 11) is 0. The van der Waals surface area contributed by atoms with E-state index in [1.807, 2.05) is 6.07 Å². The number of aliphatic hydroxyl groups is 1. The molecule has 4 heteroatoms. The van der Waals surface area contributed by atoms with Crippen molar-refractivity contribution < 1.29 is 9.52 Å². The minimum atomic E-state index is 0.281. The third kappa shape index (κ3) is 4.82. The molecule has 0 amide bonds. The summed E-state index contributed by atoms with van der Waals surface area (Å²) in [5.74, 6) is 1.34. The first kappa shape index (κ1) is 12.7. The van der Waals surface area contributed by atoms with E-state index in [1.54, 1.807) is 6.26 Å². The molecule has 2 N–H and O–H groups in total. The lowest BCUT2D eigenvalue weighted by Crippen LogP contribution is -2.15. The molecular weight excluding hydrogens is 258 g/mol. The number of rotatable bonds is 7. The van der Waals surface area contributed by atoms with Crippen LogP contribution in [0.25, 0.3) is 0 Å². The number of hydrogen-bond acceptors (Lipinski definition) is 3. The molecule has 0 aliphatic heterocycles. The zero-order valence-electron chi connectivity index (χ0n) is 9.00. The van der Waals surface area contributed by atoms with Crippen LogP contribution in [0.5, 0.6) is 0 Å². The van der Waals surface area contributed by atoms with Gasteiger partial charge in [-0.1, -0.05) is 6.92 Å². The van der Waals surface area contributed by atoms with E-state index in [0.29, 0.717) is 5.92 Å². The molecule has 0 radical (unpaired) electrons. The fourth-order valence-corrected chi connectivity index (χ4v) is 1.66. The van der Waals surface area contributed by atoms with Crippen LogP contribution in [0.4, 0.5) is 0 Å². The zero-order chi connectivity index (χ0) is 11.1. The highest BCUT2D eigenvalue weighted by atomic mass is 79.9. The van der Waals surface area contributed by atoms with Gasteiger partial charge in [0.25, 0.3) is 0 Å². The lowest BCUT2D eigenvalue weighted by molar-refractivity contribution is 0.228. The molecule has 15 heavy (non-hydrogen) atoms. The van der Waals surface area contributed by atoms with Crippen molar-refractivity contribution in [2.24, 2.45) is 5.92 Å². The van der Waals surface area contributed by atoms with Crippen molar-refractivity contribution in [1.82, 2.24) is 5.32 Å². The maximum absolute atomic E-state index is 8.84. The maximum Gasteiger partial charge on any atom is 0.131 e. The minimum absolute atomic E-state index is 0.281. The Labute approximate surface area is 99.0 Å². The number of halogens is 1. The molecule has 0 aliphatic carbocycles. The second-order valence-electron chi connectivity index (χ2n) is 3.80. The molecule has 0 bridgehead atoms. The Bertz CT molecular complexity index is 275. The molecule has 86 valence electrons. The quantitative estimate of drug-likeness (QED) is 0.752. The summed E-state index contributed by atoms with van der Waals surface area (Å²) in [4.78, 5) is 0. The van der Waals surface area contributed by atoms with Crippen LogP contribution in [-0.4, -0.2) is 18.3 Å². The Morgan fingerprint density at radius 3 is 3.00 bits per heavy atom. The van der Waals surface area contributed by atoms with Crippen molar-refractivity contribution in [2.75, 3.05) is 13.2 Å². The summed E-state index contributed by atoms with van der Waals surface area (Å²) in [6, 6.07) is 1.89. The number of hydrogen-bond donors (Lipinski definition) is 2. The van der Waals surface area contributed by atoms with Crippen molar-refractivity contribution in [3.05, 3.63) is 22.6 Å². The van der Waals surface area contributed by atoms with E-state index in [-0.39, 0.29) is 6.61 Å². The third-order valence-corrected chi connectivity index (χ3v) is 3.05. The highest BCUT2D eigenvalue weighted by Gasteiger charge is 2.02. The Balaban J connectivity index is 2.05. The molecule has 1 atom stereocenters. The van der Waals surface area contributed by atoms with Gasteiger partial charge in [0.05, 0.1) is 17.3 Å². The first-order valence-corrected chi connectivity index (χ1v) is 6.06. The van der Waals surface area contributed by atoms with Crippen LogP contribution in [0.2, 0.25) is 0 Å². The molecule has 0 spiro atoms. The highest BCUT2D eigenvalue weighted by molar-refractivity contribution is 9.10. The summed E-state index contributed by atoms with van der Waals surface area (Å²) in [6.07, 6.45) is 3.82. The SMILES string of the molecule is CC(CO)CCCNCc1occc1Br. The number of aliphatic hydroxyl groups excluding tert-OH is 1. The summed E-state index contributed by atoms with van der Waals surface area (Å²) in [6.45, 7) is 4.05. The van der Waals surface area contributed by atoms with E-state index in [0.717, 1.165) is 36.2 Å². The average Bonchev–Trinajstić information content (AvgIpc) is 2.63. The van der Waals surface area contributed by atoms with Gasteiger partial charge in [0.15, 0.2) is 0 Å². The van der Waals surface area contributed by atoms with E-state index in [2.05, 4.69) is 28.2 Å². The van der Waals surface area contributed by atoms with Crippen molar-refractivity contribution in [1.29, 1.82) is 0 Å². The lowest BCUT2D eigenvalue weighted by Gasteiger charge is -2.07. The van der Waals surface area contributed by atoms with Crippen LogP contribution in [0.15, 0.2) is 21.2 Å². The third-order valence-electron chi connectivity index (χ3n) is 2.34. The fourth-order valence-electron chi connectivity index (χ4n) is 1.32. The molecule has 1 aromatic rings. The Morgan fingerprint density at radius 1 is 1.60 bits per heavy atom.